The zero-order valence-corrected chi connectivity index (χ0v) is 12.6. The average molecular weight is 256 g/mol. The molecule has 3 nitrogen and oxygen atoms in total. The number of rotatable bonds is 9. The van der Waals surface area contributed by atoms with Crippen LogP contribution >= 0.6 is 0 Å². The summed E-state index contributed by atoms with van der Waals surface area (Å²) in [6.45, 7) is 9.42. The van der Waals surface area contributed by atoms with Crippen molar-refractivity contribution in [1.82, 2.24) is 10.2 Å². The second-order valence-electron chi connectivity index (χ2n) is 5.47. The van der Waals surface area contributed by atoms with Gasteiger partial charge in [0.05, 0.1) is 6.61 Å². The highest BCUT2D eigenvalue weighted by molar-refractivity contribution is 4.90. The predicted octanol–water partition coefficient (Wildman–Crippen LogP) is 2.66. The third kappa shape index (κ3) is 5.25. The molecule has 0 bridgehead atoms. The maximum absolute atomic E-state index is 5.45. The molecule has 0 spiro atoms. The van der Waals surface area contributed by atoms with E-state index in [0.717, 1.165) is 26.3 Å². The fourth-order valence-corrected chi connectivity index (χ4v) is 2.99. The van der Waals surface area contributed by atoms with Gasteiger partial charge in [0.1, 0.15) is 0 Å². The van der Waals surface area contributed by atoms with E-state index in [1.54, 1.807) is 0 Å². The second-order valence-corrected chi connectivity index (χ2v) is 5.47. The Hall–Kier alpha value is -0.120. The molecule has 0 aromatic rings. The summed E-state index contributed by atoms with van der Waals surface area (Å²) in [5.41, 5.74) is 0.414. The van der Waals surface area contributed by atoms with Crippen molar-refractivity contribution in [2.24, 2.45) is 0 Å². The summed E-state index contributed by atoms with van der Waals surface area (Å²) in [5, 5.41) is 3.61. The summed E-state index contributed by atoms with van der Waals surface area (Å²) < 4.78 is 5.45. The van der Waals surface area contributed by atoms with Crippen molar-refractivity contribution < 1.29 is 4.74 Å². The molecule has 1 N–H and O–H groups in total. The first-order valence-corrected chi connectivity index (χ1v) is 7.75. The molecule has 1 saturated carbocycles. The monoisotopic (exact) mass is 256 g/mol. The third-order valence-electron chi connectivity index (χ3n) is 4.45. The maximum Gasteiger partial charge on any atom is 0.0593 e. The number of ether oxygens (including phenoxy) is 1. The van der Waals surface area contributed by atoms with Gasteiger partial charge in [-0.3, -0.25) is 0 Å². The molecule has 1 rings (SSSR count). The first kappa shape index (κ1) is 15.9. The van der Waals surface area contributed by atoms with Gasteiger partial charge in [-0.15, -0.1) is 0 Å². The fourth-order valence-electron chi connectivity index (χ4n) is 2.99. The molecule has 1 aliphatic carbocycles. The lowest BCUT2D eigenvalue weighted by Gasteiger charge is -2.38. The highest BCUT2D eigenvalue weighted by atomic mass is 16.5. The van der Waals surface area contributed by atoms with Gasteiger partial charge in [0.2, 0.25) is 0 Å². The van der Waals surface area contributed by atoms with Crippen LogP contribution in [0.4, 0.5) is 0 Å². The van der Waals surface area contributed by atoms with Crippen molar-refractivity contribution in [2.45, 2.75) is 57.9 Å². The van der Waals surface area contributed by atoms with E-state index in [9.17, 15) is 0 Å². The lowest BCUT2D eigenvalue weighted by molar-refractivity contribution is 0.107. The van der Waals surface area contributed by atoms with Crippen LogP contribution in [0.3, 0.4) is 0 Å². The van der Waals surface area contributed by atoms with Gasteiger partial charge in [0.15, 0.2) is 0 Å². The quantitative estimate of drug-likeness (QED) is 0.642. The van der Waals surface area contributed by atoms with Crippen molar-refractivity contribution in [3.63, 3.8) is 0 Å². The number of hydrogen-bond acceptors (Lipinski definition) is 3. The molecule has 1 aliphatic rings. The summed E-state index contributed by atoms with van der Waals surface area (Å²) >= 11 is 0. The van der Waals surface area contributed by atoms with Crippen LogP contribution in [0.1, 0.15) is 52.4 Å². The highest BCUT2D eigenvalue weighted by Crippen LogP contribution is 2.30. The Bertz CT molecular complexity index is 203. The van der Waals surface area contributed by atoms with Crippen molar-refractivity contribution in [3.8, 4) is 0 Å². The molecule has 0 heterocycles. The van der Waals surface area contributed by atoms with E-state index in [4.69, 9.17) is 4.74 Å². The molecule has 0 saturated heterocycles. The first-order chi connectivity index (χ1) is 8.76. The average Bonchev–Trinajstić information content (AvgIpc) is 2.43. The lowest BCUT2D eigenvalue weighted by Crippen LogP contribution is -2.47. The van der Waals surface area contributed by atoms with Gasteiger partial charge >= 0.3 is 0 Å². The Morgan fingerprint density at radius 1 is 1.11 bits per heavy atom. The van der Waals surface area contributed by atoms with Crippen LogP contribution in [-0.4, -0.2) is 50.3 Å². The Kier molecular flexibility index (Phi) is 7.87. The molecule has 0 aromatic heterocycles. The van der Waals surface area contributed by atoms with Gasteiger partial charge in [-0.1, -0.05) is 26.2 Å². The topological polar surface area (TPSA) is 24.5 Å². The van der Waals surface area contributed by atoms with Gasteiger partial charge in [0, 0.05) is 18.7 Å². The lowest BCUT2D eigenvalue weighted by atomic mass is 9.79. The van der Waals surface area contributed by atoms with Crippen LogP contribution < -0.4 is 5.32 Å². The summed E-state index contributed by atoms with van der Waals surface area (Å²) in [6, 6.07) is 0. The number of nitrogens with zero attached hydrogens (tertiary/aromatic N) is 1. The fraction of sp³-hybridized carbons (Fsp3) is 1.00. The molecule has 0 amide bonds. The smallest absolute Gasteiger partial charge is 0.0593 e. The Morgan fingerprint density at radius 3 is 2.39 bits per heavy atom. The minimum atomic E-state index is 0.414. The van der Waals surface area contributed by atoms with E-state index < -0.39 is 0 Å². The number of nitrogens with one attached hydrogen (secondary N) is 1. The largest absolute Gasteiger partial charge is 0.380 e. The molecule has 0 aromatic carbocycles. The molecule has 1 fully saturated rings. The van der Waals surface area contributed by atoms with Crippen molar-refractivity contribution in [1.29, 1.82) is 0 Å². The zero-order chi connectivity index (χ0) is 13.3. The number of likely N-dealkylation sites (N-methyl/N-ethyl adjacent to an activating group) is 1. The van der Waals surface area contributed by atoms with Crippen LogP contribution in [0.15, 0.2) is 0 Å². The van der Waals surface area contributed by atoms with Crippen molar-refractivity contribution in [3.05, 3.63) is 0 Å². The van der Waals surface area contributed by atoms with Gasteiger partial charge in [-0.05, 0) is 46.3 Å². The van der Waals surface area contributed by atoms with E-state index in [1.807, 2.05) is 0 Å². The van der Waals surface area contributed by atoms with Crippen LogP contribution in [-0.2, 0) is 4.74 Å². The molecule has 0 aliphatic heterocycles. The van der Waals surface area contributed by atoms with Gasteiger partial charge in [-0.2, -0.15) is 0 Å². The SMILES string of the molecule is CCOCCN(CC)CCC1(NC)CCCCC1. The number of hydrogen-bond donors (Lipinski definition) is 1. The van der Waals surface area contributed by atoms with Crippen LogP contribution in [0, 0.1) is 0 Å². The Balaban J connectivity index is 2.30. The second kappa shape index (κ2) is 8.89. The van der Waals surface area contributed by atoms with E-state index in [0.29, 0.717) is 5.54 Å². The van der Waals surface area contributed by atoms with Crippen LogP contribution in [0.25, 0.3) is 0 Å². The minimum Gasteiger partial charge on any atom is -0.380 e. The van der Waals surface area contributed by atoms with E-state index >= 15 is 0 Å². The summed E-state index contributed by atoms with van der Waals surface area (Å²) in [5.74, 6) is 0. The van der Waals surface area contributed by atoms with Crippen LogP contribution in [0.5, 0.6) is 0 Å². The standard InChI is InChI=1S/C15H32N2O/c1-4-17(13-14-18-5-2)12-11-15(16-3)9-7-6-8-10-15/h16H,4-14H2,1-3H3. The Labute approximate surface area is 113 Å². The van der Waals surface area contributed by atoms with E-state index in [1.165, 1.54) is 45.1 Å². The third-order valence-corrected chi connectivity index (χ3v) is 4.45. The van der Waals surface area contributed by atoms with Crippen molar-refractivity contribution >= 4 is 0 Å². The van der Waals surface area contributed by atoms with E-state index in [-0.39, 0.29) is 0 Å². The molecular weight excluding hydrogens is 224 g/mol. The highest BCUT2D eigenvalue weighted by Gasteiger charge is 2.29. The summed E-state index contributed by atoms with van der Waals surface area (Å²) in [4.78, 5) is 2.52. The minimum absolute atomic E-state index is 0.414. The molecule has 18 heavy (non-hydrogen) atoms. The first-order valence-electron chi connectivity index (χ1n) is 7.75. The van der Waals surface area contributed by atoms with Crippen LogP contribution in [0.2, 0.25) is 0 Å². The molecule has 108 valence electrons. The molecule has 0 radical (unpaired) electrons. The molecular formula is C15H32N2O. The zero-order valence-electron chi connectivity index (χ0n) is 12.6. The Morgan fingerprint density at radius 2 is 1.83 bits per heavy atom. The normalized spacial score (nSPS) is 19.3. The van der Waals surface area contributed by atoms with Gasteiger partial charge < -0.3 is 15.0 Å². The molecule has 0 atom stereocenters. The van der Waals surface area contributed by atoms with E-state index in [2.05, 4.69) is 31.1 Å². The van der Waals surface area contributed by atoms with Crippen molar-refractivity contribution in [2.75, 3.05) is 39.9 Å². The predicted molar refractivity (Wildman–Crippen MR) is 78.1 cm³/mol. The summed E-state index contributed by atoms with van der Waals surface area (Å²) in [6.07, 6.45) is 8.20. The van der Waals surface area contributed by atoms with Gasteiger partial charge in [0.25, 0.3) is 0 Å². The summed E-state index contributed by atoms with van der Waals surface area (Å²) in [7, 11) is 2.14. The molecule has 0 unspecified atom stereocenters. The molecule has 3 heteroatoms. The van der Waals surface area contributed by atoms with Gasteiger partial charge in [-0.25, -0.2) is 0 Å². The maximum atomic E-state index is 5.45.